The van der Waals surface area contributed by atoms with Crippen molar-refractivity contribution in [1.82, 2.24) is 20.1 Å². The molecule has 0 spiro atoms. The van der Waals surface area contributed by atoms with E-state index in [1.54, 1.807) is 18.4 Å². The van der Waals surface area contributed by atoms with E-state index in [-0.39, 0.29) is 5.91 Å². The molecule has 0 saturated heterocycles. The number of nitrogens with two attached hydrogens (primary N) is 1. The maximum absolute atomic E-state index is 12.2. The van der Waals surface area contributed by atoms with Gasteiger partial charge >= 0.3 is 0 Å². The summed E-state index contributed by atoms with van der Waals surface area (Å²) in [7, 11) is 1.72. The lowest BCUT2D eigenvalue weighted by Gasteiger charge is -2.21. The van der Waals surface area contributed by atoms with E-state index in [1.165, 1.54) is 21.4 Å². The van der Waals surface area contributed by atoms with Gasteiger partial charge in [0.15, 0.2) is 0 Å². The predicted molar refractivity (Wildman–Crippen MR) is 82.5 cm³/mol. The SMILES string of the molecule is Cc1nc2c(s1)CCC[C@@H]2CNC(=O)c1cnn(C)c1N. The van der Waals surface area contributed by atoms with E-state index in [4.69, 9.17) is 5.73 Å². The van der Waals surface area contributed by atoms with Crippen molar-refractivity contribution in [1.29, 1.82) is 0 Å². The number of fused-ring (bicyclic) bond motifs is 1. The largest absolute Gasteiger partial charge is 0.383 e. The molecule has 21 heavy (non-hydrogen) atoms. The first-order valence-corrected chi connectivity index (χ1v) is 7.89. The van der Waals surface area contributed by atoms with E-state index in [1.807, 2.05) is 6.92 Å². The first-order valence-electron chi connectivity index (χ1n) is 7.08. The Morgan fingerprint density at radius 2 is 2.43 bits per heavy atom. The molecule has 1 aliphatic carbocycles. The summed E-state index contributed by atoms with van der Waals surface area (Å²) in [6.45, 7) is 2.64. The fraction of sp³-hybridized carbons (Fsp3) is 0.500. The number of nitrogens with one attached hydrogen (secondary N) is 1. The Hall–Kier alpha value is -1.89. The van der Waals surface area contributed by atoms with E-state index in [9.17, 15) is 4.79 Å². The van der Waals surface area contributed by atoms with E-state index < -0.39 is 0 Å². The number of nitrogen functional groups attached to an aromatic ring is 1. The highest BCUT2D eigenvalue weighted by atomic mass is 32.1. The maximum atomic E-state index is 12.2. The van der Waals surface area contributed by atoms with Crippen LogP contribution >= 0.6 is 11.3 Å². The Bertz CT molecular complexity index is 675. The predicted octanol–water partition coefficient (Wildman–Crippen LogP) is 1.62. The number of thiazole rings is 1. The summed E-state index contributed by atoms with van der Waals surface area (Å²) < 4.78 is 1.50. The highest BCUT2D eigenvalue weighted by Gasteiger charge is 2.25. The van der Waals surface area contributed by atoms with Crippen molar-refractivity contribution in [2.45, 2.75) is 32.1 Å². The van der Waals surface area contributed by atoms with Gasteiger partial charge in [0, 0.05) is 24.4 Å². The molecular weight excluding hydrogens is 286 g/mol. The zero-order valence-electron chi connectivity index (χ0n) is 12.2. The third kappa shape index (κ3) is 2.65. The molecule has 0 saturated carbocycles. The van der Waals surface area contributed by atoms with Crippen molar-refractivity contribution < 1.29 is 4.79 Å². The van der Waals surface area contributed by atoms with E-state index in [0.717, 1.165) is 24.3 Å². The smallest absolute Gasteiger partial charge is 0.256 e. The minimum atomic E-state index is -0.167. The number of aromatic nitrogens is 3. The van der Waals surface area contributed by atoms with Gasteiger partial charge in [0.2, 0.25) is 0 Å². The molecule has 3 rings (SSSR count). The third-order valence-electron chi connectivity index (χ3n) is 3.92. The highest BCUT2D eigenvalue weighted by Crippen LogP contribution is 2.34. The first-order chi connectivity index (χ1) is 10.1. The number of hydrogen-bond donors (Lipinski definition) is 2. The summed E-state index contributed by atoms with van der Waals surface area (Å²) in [5.74, 6) is 0.529. The lowest BCUT2D eigenvalue weighted by Crippen LogP contribution is -2.30. The number of hydrogen-bond acceptors (Lipinski definition) is 5. The summed E-state index contributed by atoms with van der Waals surface area (Å²) in [6.07, 6.45) is 4.84. The molecule has 2 aromatic heterocycles. The molecule has 1 amide bonds. The van der Waals surface area contributed by atoms with Gasteiger partial charge in [-0.05, 0) is 26.2 Å². The lowest BCUT2D eigenvalue weighted by molar-refractivity contribution is 0.0951. The van der Waals surface area contributed by atoms with Crippen molar-refractivity contribution in [3.05, 3.63) is 27.3 Å². The van der Waals surface area contributed by atoms with Crippen LogP contribution in [0.4, 0.5) is 5.82 Å². The zero-order chi connectivity index (χ0) is 15.0. The molecule has 1 atom stereocenters. The zero-order valence-corrected chi connectivity index (χ0v) is 13.0. The van der Waals surface area contributed by atoms with Gasteiger partial charge in [0.1, 0.15) is 11.4 Å². The van der Waals surface area contributed by atoms with Gasteiger partial charge in [-0.1, -0.05) is 0 Å². The first kappa shape index (κ1) is 14.1. The second-order valence-electron chi connectivity index (χ2n) is 5.41. The monoisotopic (exact) mass is 305 g/mol. The molecular formula is C14H19N5OS. The van der Waals surface area contributed by atoms with E-state index in [2.05, 4.69) is 15.4 Å². The van der Waals surface area contributed by atoms with Gasteiger partial charge in [-0.25, -0.2) is 4.98 Å². The van der Waals surface area contributed by atoms with E-state index >= 15 is 0 Å². The number of carbonyl (C=O) groups excluding carboxylic acids is 1. The number of anilines is 1. The molecule has 7 heteroatoms. The van der Waals surface area contributed by atoms with Crippen molar-refractivity contribution in [2.24, 2.45) is 7.05 Å². The van der Waals surface area contributed by atoms with Crippen LogP contribution in [0.1, 0.15) is 44.7 Å². The van der Waals surface area contributed by atoms with Crippen molar-refractivity contribution in [3.63, 3.8) is 0 Å². The normalized spacial score (nSPS) is 17.5. The number of carbonyl (C=O) groups is 1. The van der Waals surface area contributed by atoms with Crippen LogP contribution in [0.2, 0.25) is 0 Å². The molecule has 6 nitrogen and oxygen atoms in total. The summed E-state index contributed by atoms with van der Waals surface area (Å²) in [5, 5.41) is 8.06. The molecule has 2 aromatic rings. The van der Waals surface area contributed by atoms with Crippen LogP contribution in [0.5, 0.6) is 0 Å². The highest BCUT2D eigenvalue weighted by molar-refractivity contribution is 7.11. The maximum Gasteiger partial charge on any atom is 0.256 e. The average molecular weight is 305 g/mol. The van der Waals surface area contributed by atoms with Crippen LogP contribution < -0.4 is 11.1 Å². The van der Waals surface area contributed by atoms with E-state index in [0.29, 0.717) is 23.8 Å². The molecule has 0 unspecified atom stereocenters. The Morgan fingerprint density at radius 3 is 3.14 bits per heavy atom. The molecule has 2 heterocycles. The minimum Gasteiger partial charge on any atom is -0.383 e. The quantitative estimate of drug-likeness (QED) is 0.902. The summed E-state index contributed by atoms with van der Waals surface area (Å²) in [5.41, 5.74) is 7.42. The lowest BCUT2D eigenvalue weighted by atomic mass is 9.91. The summed E-state index contributed by atoms with van der Waals surface area (Å²) in [4.78, 5) is 18.2. The second-order valence-corrected chi connectivity index (χ2v) is 6.70. The Kier molecular flexibility index (Phi) is 3.67. The van der Waals surface area contributed by atoms with Gasteiger partial charge in [-0.3, -0.25) is 9.48 Å². The molecule has 1 aliphatic rings. The molecule has 0 aliphatic heterocycles. The molecule has 0 radical (unpaired) electrons. The van der Waals surface area contributed by atoms with Crippen LogP contribution in [-0.4, -0.2) is 27.2 Å². The fourth-order valence-electron chi connectivity index (χ4n) is 2.76. The van der Waals surface area contributed by atoms with Crippen molar-refractivity contribution in [2.75, 3.05) is 12.3 Å². The number of aryl methyl sites for hydroxylation is 3. The standard InChI is InChI=1S/C14H19N5OS/c1-8-18-12-9(4-3-5-11(12)21-8)6-16-14(20)10-7-17-19(2)13(10)15/h7,9H,3-6,15H2,1-2H3,(H,16,20)/t9-/m1/s1. The van der Waals surface area contributed by atoms with Gasteiger partial charge in [0.25, 0.3) is 5.91 Å². The molecule has 0 bridgehead atoms. The molecule has 3 N–H and O–H groups in total. The fourth-order valence-corrected chi connectivity index (χ4v) is 3.82. The molecule has 0 aromatic carbocycles. The van der Waals surface area contributed by atoms with Gasteiger partial charge in [-0.2, -0.15) is 5.10 Å². The number of amides is 1. The number of nitrogens with zero attached hydrogens (tertiary/aromatic N) is 3. The van der Waals surface area contributed by atoms with Crippen molar-refractivity contribution in [3.8, 4) is 0 Å². The van der Waals surface area contributed by atoms with Crippen LogP contribution in [0.25, 0.3) is 0 Å². The summed E-state index contributed by atoms with van der Waals surface area (Å²) >= 11 is 1.77. The minimum absolute atomic E-state index is 0.167. The Balaban J connectivity index is 1.68. The van der Waals surface area contributed by atoms with Gasteiger partial charge in [0.05, 0.1) is 16.9 Å². The summed E-state index contributed by atoms with van der Waals surface area (Å²) in [6, 6.07) is 0. The second kappa shape index (κ2) is 5.48. The third-order valence-corrected chi connectivity index (χ3v) is 4.96. The van der Waals surface area contributed by atoms with Gasteiger partial charge in [-0.15, -0.1) is 11.3 Å². The van der Waals surface area contributed by atoms with Crippen LogP contribution in [0.3, 0.4) is 0 Å². The van der Waals surface area contributed by atoms with Gasteiger partial charge < -0.3 is 11.1 Å². The number of rotatable bonds is 3. The Labute approximate surface area is 127 Å². The van der Waals surface area contributed by atoms with Crippen molar-refractivity contribution >= 4 is 23.1 Å². The molecule has 112 valence electrons. The topological polar surface area (TPSA) is 85.8 Å². The Morgan fingerprint density at radius 1 is 1.62 bits per heavy atom. The van der Waals surface area contributed by atoms with Crippen LogP contribution in [0.15, 0.2) is 6.20 Å². The average Bonchev–Trinajstić information content (AvgIpc) is 2.99. The van der Waals surface area contributed by atoms with Crippen LogP contribution in [0, 0.1) is 6.92 Å². The van der Waals surface area contributed by atoms with Crippen LogP contribution in [-0.2, 0) is 13.5 Å². The molecule has 0 fully saturated rings.